The Morgan fingerprint density at radius 2 is 2.21 bits per heavy atom. The van der Waals surface area contributed by atoms with Crippen LogP contribution >= 0.6 is 7.60 Å². The van der Waals surface area contributed by atoms with E-state index in [-0.39, 0.29) is 12.0 Å². The molecule has 0 amide bonds. The number of rotatable bonds is 4. The standard InChI is InChI=1S/C9H17O4P/c1-3-5-9-8(4-2)6-12-14(11,7-10)13-9/h7-9H,3-6H2,1-2H3. The van der Waals surface area contributed by atoms with Crippen molar-refractivity contribution in [2.75, 3.05) is 6.61 Å². The molecule has 14 heavy (non-hydrogen) atoms. The molecule has 0 aromatic carbocycles. The highest BCUT2D eigenvalue weighted by Gasteiger charge is 2.37. The third-order valence-electron chi connectivity index (χ3n) is 2.50. The molecule has 1 fully saturated rings. The Bertz CT molecular complexity index is 241. The van der Waals surface area contributed by atoms with E-state index in [0.29, 0.717) is 12.6 Å². The maximum Gasteiger partial charge on any atom is 0.393 e. The van der Waals surface area contributed by atoms with Gasteiger partial charge in [-0.3, -0.25) is 13.9 Å². The van der Waals surface area contributed by atoms with Gasteiger partial charge >= 0.3 is 7.60 Å². The van der Waals surface area contributed by atoms with E-state index in [9.17, 15) is 9.36 Å². The van der Waals surface area contributed by atoms with Crippen molar-refractivity contribution in [2.45, 2.75) is 39.2 Å². The van der Waals surface area contributed by atoms with E-state index >= 15 is 0 Å². The summed E-state index contributed by atoms with van der Waals surface area (Å²) in [5, 5.41) is 0. The Hall–Kier alpha value is -0.180. The van der Waals surface area contributed by atoms with Crippen molar-refractivity contribution in [3.63, 3.8) is 0 Å². The monoisotopic (exact) mass is 220 g/mol. The Morgan fingerprint density at radius 1 is 1.50 bits per heavy atom. The fraction of sp³-hybridized carbons (Fsp3) is 0.889. The zero-order chi connectivity index (χ0) is 10.6. The van der Waals surface area contributed by atoms with Gasteiger partial charge < -0.3 is 4.52 Å². The molecule has 0 aromatic heterocycles. The van der Waals surface area contributed by atoms with Gasteiger partial charge in [-0.05, 0) is 12.8 Å². The molecule has 4 nitrogen and oxygen atoms in total. The van der Waals surface area contributed by atoms with Crippen molar-refractivity contribution < 1.29 is 18.4 Å². The van der Waals surface area contributed by atoms with E-state index in [0.717, 1.165) is 19.3 Å². The van der Waals surface area contributed by atoms with E-state index in [1.165, 1.54) is 0 Å². The van der Waals surface area contributed by atoms with Crippen LogP contribution in [0.1, 0.15) is 33.1 Å². The summed E-state index contributed by atoms with van der Waals surface area (Å²) < 4.78 is 21.7. The average molecular weight is 220 g/mol. The second kappa shape index (κ2) is 5.06. The second-order valence-electron chi connectivity index (χ2n) is 3.54. The number of hydrogen-bond acceptors (Lipinski definition) is 4. The van der Waals surface area contributed by atoms with Gasteiger partial charge in [-0.25, -0.2) is 0 Å². The predicted molar refractivity (Wildman–Crippen MR) is 53.9 cm³/mol. The second-order valence-corrected chi connectivity index (χ2v) is 5.30. The molecular formula is C9H17O4P. The van der Waals surface area contributed by atoms with E-state index in [2.05, 4.69) is 0 Å². The molecule has 0 spiro atoms. The summed E-state index contributed by atoms with van der Waals surface area (Å²) in [6.07, 6.45) is 2.62. The molecule has 0 aliphatic carbocycles. The summed E-state index contributed by atoms with van der Waals surface area (Å²) in [4.78, 5) is 10.5. The molecule has 3 atom stereocenters. The zero-order valence-electron chi connectivity index (χ0n) is 8.64. The predicted octanol–water partition coefficient (Wildman–Crippen LogP) is 2.61. The Morgan fingerprint density at radius 3 is 2.71 bits per heavy atom. The van der Waals surface area contributed by atoms with Crippen LogP contribution in [0.15, 0.2) is 0 Å². The molecule has 1 saturated heterocycles. The number of carbonyl (C=O) groups is 1. The topological polar surface area (TPSA) is 52.6 Å². The molecule has 3 unspecified atom stereocenters. The summed E-state index contributed by atoms with van der Waals surface area (Å²) in [7, 11) is -3.41. The van der Waals surface area contributed by atoms with Gasteiger partial charge in [0.05, 0.1) is 12.7 Å². The number of hydrogen-bond donors (Lipinski definition) is 0. The van der Waals surface area contributed by atoms with E-state index in [1.54, 1.807) is 0 Å². The van der Waals surface area contributed by atoms with Crippen molar-refractivity contribution in [3.8, 4) is 0 Å². The third-order valence-corrected chi connectivity index (χ3v) is 3.84. The quantitative estimate of drug-likeness (QED) is 0.539. The first-order chi connectivity index (χ1) is 6.65. The lowest BCUT2D eigenvalue weighted by Crippen LogP contribution is -2.31. The van der Waals surface area contributed by atoms with E-state index in [4.69, 9.17) is 9.05 Å². The van der Waals surface area contributed by atoms with Crippen LogP contribution in [0, 0.1) is 5.92 Å². The smallest absolute Gasteiger partial charge is 0.303 e. The maximum absolute atomic E-state index is 11.5. The van der Waals surface area contributed by atoms with E-state index in [1.807, 2.05) is 13.8 Å². The first kappa shape index (κ1) is 11.9. The minimum absolute atomic E-state index is 0.0882. The molecule has 1 aliphatic rings. The summed E-state index contributed by atoms with van der Waals surface area (Å²) >= 11 is 0. The Balaban J connectivity index is 2.66. The third kappa shape index (κ3) is 2.66. The zero-order valence-corrected chi connectivity index (χ0v) is 9.54. The van der Waals surface area contributed by atoms with Crippen molar-refractivity contribution in [1.29, 1.82) is 0 Å². The first-order valence-electron chi connectivity index (χ1n) is 5.04. The summed E-state index contributed by atoms with van der Waals surface area (Å²) in [5.74, 6) is 0.261. The average Bonchev–Trinajstić information content (AvgIpc) is 2.19. The molecule has 0 saturated carbocycles. The lowest BCUT2D eigenvalue weighted by molar-refractivity contribution is 0.0256. The van der Waals surface area contributed by atoms with Crippen molar-refractivity contribution >= 4 is 13.6 Å². The molecule has 0 aromatic rings. The van der Waals surface area contributed by atoms with Gasteiger partial charge in [0.1, 0.15) is 0 Å². The maximum atomic E-state index is 11.5. The van der Waals surface area contributed by atoms with Crippen LogP contribution in [0.25, 0.3) is 0 Å². The molecule has 0 radical (unpaired) electrons. The van der Waals surface area contributed by atoms with Crippen LogP contribution in [-0.2, 0) is 18.4 Å². The van der Waals surface area contributed by atoms with Gasteiger partial charge in [0.25, 0.3) is 0 Å². The van der Waals surface area contributed by atoms with E-state index < -0.39 is 7.60 Å². The van der Waals surface area contributed by atoms with Crippen LogP contribution in [0.5, 0.6) is 0 Å². The lowest BCUT2D eigenvalue weighted by atomic mass is 9.97. The van der Waals surface area contributed by atoms with Crippen molar-refractivity contribution in [1.82, 2.24) is 0 Å². The fourth-order valence-electron chi connectivity index (χ4n) is 1.62. The fourth-order valence-corrected chi connectivity index (χ4v) is 2.85. The highest BCUT2D eigenvalue weighted by atomic mass is 31.2. The van der Waals surface area contributed by atoms with Crippen LogP contribution in [0.2, 0.25) is 0 Å². The molecule has 1 rings (SSSR count). The lowest BCUT2D eigenvalue weighted by Gasteiger charge is -2.33. The van der Waals surface area contributed by atoms with Gasteiger partial charge in [-0.1, -0.05) is 20.3 Å². The highest BCUT2D eigenvalue weighted by molar-refractivity contribution is 7.69. The molecule has 0 bridgehead atoms. The van der Waals surface area contributed by atoms with Crippen molar-refractivity contribution in [3.05, 3.63) is 0 Å². The molecule has 5 heteroatoms. The molecule has 1 heterocycles. The van der Waals surface area contributed by atoms with Crippen LogP contribution in [-0.4, -0.2) is 18.7 Å². The molecule has 1 aliphatic heterocycles. The van der Waals surface area contributed by atoms with Gasteiger partial charge in [0, 0.05) is 5.92 Å². The SMILES string of the molecule is CCCC1OP(=O)(C=O)OCC1CC. The van der Waals surface area contributed by atoms with Crippen LogP contribution < -0.4 is 0 Å². The number of carbonyl (C=O) groups excluding carboxylic acids is 1. The minimum Gasteiger partial charge on any atom is -0.303 e. The normalized spacial score (nSPS) is 38.1. The molecule has 82 valence electrons. The Labute approximate surface area is 84.5 Å². The summed E-state index contributed by atoms with van der Waals surface area (Å²) in [6, 6.07) is 0.307. The minimum atomic E-state index is -3.41. The van der Waals surface area contributed by atoms with Crippen molar-refractivity contribution in [2.24, 2.45) is 5.92 Å². The largest absolute Gasteiger partial charge is 0.393 e. The highest BCUT2D eigenvalue weighted by Crippen LogP contribution is 2.51. The van der Waals surface area contributed by atoms with Crippen LogP contribution in [0.3, 0.4) is 0 Å². The molecular weight excluding hydrogens is 203 g/mol. The first-order valence-corrected chi connectivity index (χ1v) is 6.65. The van der Waals surface area contributed by atoms with Gasteiger partial charge in [-0.15, -0.1) is 0 Å². The van der Waals surface area contributed by atoms with Gasteiger partial charge in [0.15, 0.2) is 0 Å². The van der Waals surface area contributed by atoms with Gasteiger partial charge in [-0.2, -0.15) is 0 Å². The summed E-state index contributed by atoms with van der Waals surface area (Å²) in [6.45, 7) is 4.45. The summed E-state index contributed by atoms with van der Waals surface area (Å²) in [5.41, 5.74) is 0. The Kier molecular flexibility index (Phi) is 4.30. The van der Waals surface area contributed by atoms with Gasteiger partial charge in [0.2, 0.25) is 6.03 Å². The molecule has 0 N–H and O–H groups in total. The van der Waals surface area contributed by atoms with Crippen LogP contribution in [0.4, 0.5) is 0 Å².